The van der Waals surface area contributed by atoms with Crippen LogP contribution in [0.5, 0.6) is 0 Å². The van der Waals surface area contributed by atoms with Crippen molar-refractivity contribution in [2.24, 2.45) is 4.99 Å². The van der Waals surface area contributed by atoms with Gasteiger partial charge in [0.2, 0.25) is 0 Å². The number of thiazole rings is 1. The molecule has 0 amide bonds. The van der Waals surface area contributed by atoms with Gasteiger partial charge in [-0.1, -0.05) is 0 Å². The summed E-state index contributed by atoms with van der Waals surface area (Å²) in [7, 11) is 0. The zero-order chi connectivity index (χ0) is 15.6. The maximum absolute atomic E-state index is 4.81. The molecule has 2 aromatic rings. The number of hydrogen-bond donors (Lipinski definition) is 0. The van der Waals surface area contributed by atoms with E-state index in [1.165, 1.54) is 29.0 Å². The molecule has 4 rings (SSSR count). The fourth-order valence-electron chi connectivity index (χ4n) is 3.21. The summed E-state index contributed by atoms with van der Waals surface area (Å²) in [6.07, 6.45) is 6.44. The first kappa shape index (κ1) is 14.9. The predicted molar refractivity (Wildman–Crippen MR) is 92.0 cm³/mol. The number of fused-ring (bicyclic) bond motifs is 1. The van der Waals surface area contributed by atoms with Crippen LogP contribution in [-0.2, 0) is 19.5 Å². The van der Waals surface area contributed by atoms with Crippen molar-refractivity contribution in [1.82, 2.24) is 19.9 Å². The van der Waals surface area contributed by atoms with Crippen LogP contribution in [0.4, 0.5) is 0 Å². The van der Waals surface area contributed by atoms with Crippen LogP contribution < -0.4 is 0 Å². The zero-order valence-corrected chi connectivity index (χ0v) is 14.3. The lowest BCUT2D eigenvalue weighted by molar-refractivity contribution is 0.244. The van der Waals surface area contributed by atoms with Gasteiger partial charge in [0.1, 0.15) is 0 Å². The molecule has 0 bridgehead atoms. The quantitative estimate of drug-likeness (QED) is 0.870. The summed E-state index contributed by atoms with van der Waals surface area (Å²) >= 11 is 1.75. The van der Waals surface area contributed by atoms with Crippen LogP contribution in [0.2, 0.25) is 0 Å². The van der Waals surface area contributed by atoms with Gasteiger partial charge in [0.25, 0.3) is 0 Å². The lowest BCUT2D eigenvalue weighted by Crippen LogP contribution is -2.31. The molecule has 0 saturated heterocycles. The fourth-order valence-corrected chi connectivity index (χ4v) is 4.03. The molecule has 0 saturated carbocycles. The van der Waals surface area contributed by atoms with E-state index in [1.54, 1.807) is 11.3 Å². The molecule has 23 heavy (non-hydrogen) atoms. The molecule has 0 spiro atoms. The minimum Gasteiger partial charge on any atom is -0.293 e. The average molecular weight is 327 g/mol. The lowest BCUT2D eigenvalue weighted by Gasteiger charge is -2.27. The molecule has 120 valence electrons. The minimum atomic E-state index is 0.857. The van der Waals surface area contributed by atoms with Gasteiger partial charge in [-0.05, 0) is 26.2 Å². The Morgan fingerprint density at radius 3 is 2.96 bits per heavy atom. The van der Waals surface area contributed by atoms with E-state index < -0.39 is 0 Å². The first-order valence-corrected chi connectivity index (χ1v) is 9.17. The third-order valence-corrected chi connectivity index (χ3v) is 5.53. The Labute approximate surface area is 140 Å². The highest BCUT2D eigenvalue weighted by Crippen LogP contribution is 2.22. The summed E-state index contributed by atoms with van der Waals surface area (Å²) in [4.78, 5) is 22.2. The molecular formula is C17H21N5S. The van der Waals surface area contributed by atoms with E-state index in [0.29, 0.717) is 0 Å². The Bertz CT molecular complexity index is 736. The smallest absolute Gasteiger partial charge is 0.173 e. The first-order chi connectivity index (χ1) is 11.3. The van der Waals surface area contributed by atoms with Crippen LogP contribution >= 0.6 is 11.3 Å². The second-order valence-corrected chi connectivity index (χ2v) is 7.21. The van der Waals surface area contributed by atoms with Crippen LogP contribution in [0.1, 0.15) is 46.9 Å². The van der Waals surface area contributed by atoms with Crippen molar-refractivity contribution < 1.29 is 0 Å². The first-order valence-electron chi connectivity index (χ1n) is 8.29. The van der Waals surface area contributed by atoms with Gasteiger partial charge in [-0.25, -0.2) is 15.0 Å². The highest BCUT2D eigenvalue weighted by atomic mass is 32.1. The maximum atomic E-state index is 4.81. The summed E-state index contributed by atoms with van der Waals surface area (Å²) in [6, 6.07) is 0. The summed E-state index contributed by atoms with van der Waals surface area (Å²) in [5, 5.41) is 0. The van der Waals surface area contributed by atoms with Gasteiger partial charge in [-0.2, -0.15) is 0 Å². The number of aliphatic imine (C=N–C) groups is 1. The van der Waals surface area contributed by atoms with E-state index in [2.05, 4.69) is 26.8 Å². The molecule has 0 fully saturated rings. The number of nitrogens with zero attached hydrogens (tertiary/aromatic N) is 5. The third kappa shape index (κ3) is 3.19. The van der Waals surface area contributed by atoms with E-state index in [-0.39, 0.29) is 0 Å². The number of hydrogen-bond acceptors (Lipinski definition) is 6. The van der Waals surface area contributed by atoms with Gasteiger partial charge in [-0.15, -0.1) is 11.3 Å². The molecule has 0 aromatic carbocycles. The van der Waals surface area contributed by atoms with E-state index in [0.717, 1.165) is 56.3 Å². The normalized spacial score (nSPS) is 18.6. The van der Waals surface area contributed by atoms with Crippen LogP contribution in [-0.4, -0.2) is 38.7 Å². The largest absolute Gasteiger partial charge is 0.293 e. The van der Waals surface area contributed by atoms with Crippen LogP contribution in [0.3, 0.4) is 0 Å². The Morgan fingerprint density at radius 1 is 1.22 bits per heavy atom. The highest BCUT2D eigenvalue weighted by Gasteiger charge is 2.21. The van der Waals surface area contributed by atoms with Crippen LogP contribution in [0.15, 0.2) is 16.7 Å². The number of aryl methyl sites for hydroxylation is 1. The van der Waals surface area contributed by atoms with Crippen molar-refractivity contribution in [3.63, 3.8) is 0 Å². The number of aromatic nitrogens is 3. The summed E-state index contributed by atoms with van der Waals surface area (Å²) in [5.74, 6) is 0.857. The van der Waals surface area contributed by atoms with E-state index >= 15 is 0 Å². The fraction of sp³-hybridized carbons (Fsp3) is 0.529. The molecule has 2 aromatic heterocycles. The molecule has 0 radical (unpaired) electrons. The Balaban J connectivity index is 1.50. The van der Waals surface area contributed by atoms with Gasteiger partial charge >= 0.3 is 0 Å². The third-order valence-electron chi connectivity index (χ3n) is 4.61. The van der Waals surface area contributed by atoms with E-state index in [1.807, 2.05) is 11.7 Å². The van der Waals surface area contributed by atoms with Crippen LogP contribution in [0, 0.1) is 6.92 Å². The van der Waals surface area contributed by atoms with Crippen molar-refractivity contribution in [2.45, 2.75) is 45.7 Å². The van der Waals surface area contributed by atoms with Gasteiger partial charge in [0, 0.05) is 49.2 Å². The topological polar surface area (TPSA) is 54.3 Å². The molecule has 6 heteroatoms. The lowest BCUT2D eigenvalue weighted by atomic mass is 10.1. The van der Waals surface area contributed by atoms with Crippen molar-refractivity contribution in [3.8, 4) is 0 Å². The summed E-state index contributed by atoms with van der Waals surface area (Å²) < 4.78 is 0. The van der Waals surface area contributed by atoms with Crippen molar-refractivity contribution in [2.75, 3.05) is 13.1 Å². The minimum absolute atomic E-state index is 0.857. The molecular weight excluding hydrogens is 306 g/mol. The molecule has 0 atom stereocenters. The molecule has 4 heterocycles. The highest BCUT2D eigenvalue weighted by molar-refractivity contribution is 7.09. The monoisotopic (exact) mass is 327 g/mol. The summed E-state index contributed by atoms with van der Waals surface area (Å²) in [6.45, 7) is 5.97. The SMILES string of the molecule is Cc1ncsc1CN1CCc2nc(C3=NCCCC3)ncc2C1. The zero-order valence-electron chi connectivity index (χ0n) is 13.5. The molecule has 0 unspecified atom stereocenters. The summed E-state index contributed by atoms with van der Waals surface area (Å²) in [5.41, 5.74) is 6.66. The van der Waals surface area contributed by atoms with Crippen molar-refractivity contribution >= 4 is 17.0 Å². The Kier molecular flexibility index (Phi) is 4.18. The van der Waals surface area contributed by atoms with E-state index in [9.17, 15) is 0 Å². The van der Waals surface area contributed by atoms with Crippen molar-refractivity contribution in [1.29, 1.82) is 0 Å². The molecule has 5 nitrogen and oxygen atoms in total. The maximum Gasteiger partial charge on any atom is 0.173 e. The van der Waals surface area contributed by atoms with Gasteiger partial charge in [0.05, 0.1) is 22.6 Å². The van der Waals surface area contributed by atoms with Crippen LogP contribution in [0.25, 0.3) is 0 Å². The van der Waals surface area contributed by atoms with Gasteiger partial charge < -0.3 is 0 Å². The van der Waals surface area contributed by atoms with Gasteiger partial charge in [0.15, 0.2) is 5.82 Å². The Morgan fingerprint density at radius 2 is 2.17 bits per heavy atom. The second kappa shape index (κ2) is 6.45. The predicted octanol–water partition coefficient (Wildman–Crippen LogP) is 2.77. The number of rotatable bonds is 3. The molecule has 2 aliphatic heterocycles. The molecule has 0 N–H and O–H groups in total. The molecule has 2 aliphatic rings. The second-order valence-electron chi connectivity index (χ2n) is 6.27. The Hall–Kier alpha value is -1.66. The van der Waals surface area contributed by atoms with E-state index in [4.69, 9.17) is 4.98 Å². The molecule has 0 aliphatic carbocycles. The van der Waals surface area contributed by atoms with Gasteiger partial charge in [-0.3, -0.25) is 9.89 Å². The van der Waals surface area contributed by atoms with Crippen molar-refractivity contribution in [3.05, 3.63) is 39.4 Å². The standard InChI is InChI=1S/C17H21N5S/c1-12-16(23-11-20-12)10-22-7-5-14-13(9-22)8-19-17(21-14)15-4-2-3-6-18-15/h8,11H,2-7,9-10H2,1H3. The average Bonchev–Trinajstić information content (AvgIpc) is 3.00.